The van der Waals surface area contributed by atoms with Gasteiger partial charge in [-0.15, -0.1) is 0 Å². The molecule has 3 aromatic rings. The number of benzene rings is 2. The first-order valence-corrected chi connectivity index (χ1v) is 6.98. The van der Waals surface area contributed by atoms with Gasteiger partial charge in [-0.2, -0.15) is 0 Å². The summed E-state index contributed by atoms with van der Waals surface area (Å²) in [4.78, 5) is 4.48. The third-order valence-corrected chi connectivity index (χ3v) is 3.89. The SMILES string of the molecule is Cn1c(CC(O)c2cccc(Cl)c2F)nc2ccccc21. The lowest BCUT2D eigenvalue weighted by atomic mass is 10.1. The molecule has 0 amide bonds. The second-order valence-electron chi connectivity index (χ2n) is 4.94. The Labute approximate surface area is 126 Å². The molecule has 108 valence electrons. The minimum atomic E-state index is -0.987. The van der Waals surface area contributed by atoms with Crippen molar-refractivity contribution in [3.63, 3.8) is 0 Å². The summed E-state index contributed by atoms with van der Waals surface area (Å²) in [5.74, 6) is 0.119. The van der Waals surface area contributed by atoms with Gasteiger partial charge in [0.25, 0.3) is 0 Å². The number of para-hydroxylation sites is 2. The second kappa shape index (κ2) is 5.47. The molecule has 0 bridgehead atoms. The molecule has 0 aliphatic carbocycles. The minimum absolute atomic E-state index is 0.0107. The quantitative estimate of drug-likeness (QED) is 0.802. The maximum Gasteiger partial charge on any atom is 0.147 e. The lowest BCUT2D eigenvalue weighted by Gasteiger charge is -2.12. The number of fused-ring (bicyclic) bond motifs is 1. The molecule has 1 aromatic heterocycles. The highest BCUT2D eigenvalue weighted by Crippen LogP contribution is 2.26. The van der Waals surface area contributed by atoms with Gasteiger partial charge in [0.1, 0.15) is 11.6 Å². The molecule has 0 saturated carbocycles. The molecule has 21 heavy (non-hydrogen) atoms. The molecular weight excluding hydrogens is 291 g/mol. The van der Waals surface area contributed by atoms with Gasteiger partial charge in [-0.1, -0.05) is 35.9 Å². The molecule has 0 spiro atoms. The number of hydrogen-bond donors (Lipinski definition) is 1. The lowest BCUT2D eigenvalue weighted by molar-refractivity contribution is 0.170. The zero-order chi connectivity index (χ0) is 15.0. The topological polar surface area (TPSA) is 38.0 Å². The van der Waals surface area contributed by atoms with Crippen LogP contribution < -0.4 is 0 Å². The van der Waals surface area contributed by atoms with Crippen molar-refractivity contribution in [1.29, 1.82) is 0 Å². The molecule has 2 aromatic carbocycles. The van der Waals surface area contributed by atoms with Crippen LogP contribution in [0.3, 0.4) is 0 Å². The third kappa shape index (κ3) is 2.52. The maximum absolute atomic E-state index is 13.9. The number of halogens is 2. The van der Waals surface area contributed by atoms with E-state index in [-0.39, 0.29) is 17.0 Å². The summed E-state index contributed by atoms with van der Waals surface area (Å²) in [6.07, 6.45) is -0.762. The number of nitrogens with zero attached hydrogens (tertiary/aromatic N) is 2. The van der Waals surface area contributed by atoms with Crippen LogP contribution in [0.4, 0.5) is 4.39 Å². The molecule has 1 heterocycles. The van der Waals surface area contributed by atoms with Gasteiger partial charge in [0.05, 0.1) is 22.2 Å². The minimum Gasteiger partial charge on any atom is -0.388 e. The van der Waals surface area contributed by atoms with E-state index in [0.717, 1.165) is 11.0 Å². The number of aliphatic hydroxyl groups excluding tert-OH is 1. The zero-order valence-electron chi connectivity index (χ0n) is 11.4. The van der Waals surface area contributed by atoms with E-state index in [1.165, 1.54) is 12.1 Å². The maximum atomic E-state index is 13.9. The van der Waals surface area contributed by atoms with Crippen LogP contribution in [-0.2, 0) is 13.5 Å². The highest BCUT2D eigenvalue weighted by atomic mass is 35.5. The Morgan fingerprint density at radius 3 is 2.76 bits per heavy atom. The first-order chi connectivity index (χ1) is 10.1. The van der Waals surface area contributed by atoms with Crippen molar-refractivity contribution < 1.29 is 9.50 Å². The van der Waals surface area contributed by atoms with Crippen LogP contribution in [-0.4, -0.2) is 14.7 Å². The van der Waals surface area contributed by atoms with Crippen LogP contribution in [0, 0.1) is 5.82 Å². The van der Waals surface area contributed by atoms with Crippen molar-refractivity contribution in [3.8, 4) is 0 Å². The summed E-state index contributed by atoms with van der Waals surface area (Å²) in [6, 6.07) is 12.3. The van der Waals surface area contributed by atoms with Gasteiger partial charge in [0.15, 0.2) is 0 Å². The van der Waals surface area contributed by atoms with Crippen molar-refractivity contribution in [3.05, 3.63) is 64.7 Å². The fraction of sp³-hybridized carbons (Fsp3) is 0.188. The normalized spacial score (nSPS) is 12.8. The molecule has 1 atom stereocenters. The van der Waals surface area contributed by atoms with Crippen molar-refractivity contribution in [2.45, 2.75) is 12.5 Å². The third-order valence-electron chi connectivity index (χ3n) is 3.60. The van der Waals surface area contributed by atoms with Gasteiger partial charge in [0.2, 0.25) is 0 Å². The van der Waals surface area contributed by atoms with Crippen molar-refractivity contribution >= 4 is 22.6 Å². The van der Waals surface area contributed by atoms with Crippen LogP contribution in [0.15, 0.2) is 42.5 Å². The van der Waals surface area contributed by atoms with Crippen LogP contribution in [0.1, 0.15) is 17.5 Å². The first-order valence-electron chi connectivity index (χ1n) is 6.60. The van der Waals surface area contributed by atoms with Crippen LogP contribution >= 0.6 is 11.6 Å². The Balaban J connectivity index is 1.94. The summed E-state index contributed by atoms with van der Waals surface area (Å²) in [7, 11) is 1.88. The zero-order valence-corrected chi connectivity index (χ0v) is 12.2. The molecule has 0 radical (unpaired) electrons. The molecule has 0 aliphatic rings. The highest BCUT2D eigenvalue weighted by Gasteiger charge is 2.18. The number of aryl methyl sites for hydroxylation is 1. The fourth-order valence-electron chi connectivity index (χ4n) is 2.44. The molecule has 3 rings (SSSR count). The fourth-order valence-corrected chi connectivity index (χ4v) is 2.62. The second-order valence-corrected chi connectivity index (χ2v) is 5.35. The molecule has 5 heteroatoms. The highest BCUT2D eigenvalue weighted by molar-refractivity contribution is 6.30. The Morgan fingerprint density at radius 1 is 1.24 bits per heavy atom. The van der Waals surface area contributed by atoms with Gasteiger partial charge in [-0.3, -0.25) is 0 Å². The standard InChI is InChI=1S/C16H14ClFN2O/c1-20-13-8-3-2-7-12(13)19-15(20)9-14(21)10-5-4-6-11(17)16(10)18/h2-8,14,21H,9H2,1H3. The molecule has 3 nitrogen and oxygen atoms in total. The predicted molar refractivity (Wildman–Crippen MR) is 80.8 cm³/mol. The Kier molecular flexibility index (Phi) is 3.66. The predicted octanol–water partition coefficient (Wildman–Crippen LogP) is 3.64. The van der Waals surface area contributed by atoms with E-state index < -0.39 is 11.9 Å². The van der Waals surface area contributed by atoms with Crippen molar-refractivity contribution in [2.24, 2.45) is 7.05 Å². The number of aliphatic hydroxyl groups is 1. The summed E-state index contributed by atoms with van der Waals surface area (Å²) in [6.45, 7) is 0. The largest absolute Gasteiger partial charge is 0.388 e. The van der Waals surface area contributed by atoms with Crippen LogP contribution in [0.25, 0.3) is 11.0 Å². The van der Waals surface area contributed by atoms with Crippen molar-refractivity contribution in [2.75, 3.05) is 0 Å². The molecule has 0 saturated heterocycles. The van der Waals surface area contributed by atoms with Crippen LogP contribution in [0.5, 0.6) is 0 Å². The summed E-state index contributed by atoms with van der Waals surface area (Å²) in [5.41, 5.74) is 2.02. The smallest absolute Gasteiger partial charge is 0.147 e. The van der Waals surface area contributed by atoms with E-state index in [0.29, 0.717) is 5.82 Å². The van der Waals surface area contributed by atoms with Gasteiger partial charge in [-0.25, -0.2) is 9.37 Å². The Morgan fingerprint density at radius 2 is 2.00 bits per heavy atom. The van der Waals surface area contributed by atoms with Crippen molar-refractivity contribution in [1.82, 2.24) is 9.55 Å². The van der Waals surface area contributed by atoms with E-state index in [1.54, 1.807) is 6.07 Å². The summed E-state index contributed by atoms with van der Waals surface area (Å²) in [5, 5.41) is 10.3. The van der Waals surface area contributed by atoms with Crippen LogP contribution in [0.2, 0.25) is 5.02 Å². The molecule has 0 fully saturated rings. The number of aromatic nitrogens is 2. The number of rotatable bonds is 3. The average Bonchev–Trinajstić information content (AvgIpc) is 2.79. The van der Waals surface area contributed by atoms with E-state index >= 15 is 0 Å². The molecule has 1 unspecified atom stereocenters. The van der Waals surface area contributed by atoms with Gasteiger partial charge < -0.3 is 9.67 Å². The van der Waals surface area contributed by atoms with E-state index in [1.807, 2.05) is 35.9 Å². The van der Waals surface area contributed by atoms with Gasteiger partial charge >= 0.3 is 0 Å². The summed E-state index contributed by atoms with van der Waals surface area (Å²) >= 11 is 5.75. The Bertz CT molecular complexity index is 800. The first kappa shape index (κ1) is 14.0. The molecule has 1 N–H and O–H groups in total. The Hall–Kier alpha value is -1.91. The average molecular weight is 305 g/mol. The van der Waals surface area contributed by atoms with E-state index in [4.69, 9.17) is 11.6 Å². The lowest BCUT2D eigenvalue weighted by Crippen LogP contribution is -2.08. The molecular formula is C16H14ClFN2O. The van der Waals surface area contributed by atoms with Gasteiger partial charge in [0, 0.05) is 19.0 Å². The van der Waals surface area contributed by atoms with Gasteiger partial charge in [-0.05, 0) is 18.2 Å². The van der Waals surface area contributed by atoms with E-state index in [2.05, 4.69) is 4.98 Å². The molecule has 0 aliphatic heterocycles. The monoisotopic (exact) mass is 304 g/mol. The summed E-state index contributed by atoms with van der Waals surface area (Å²) < 4.78 is 15.8. The van der Waals surface area contributed by atoms with E-state index in [9.17, 15) is 9.50 Å². The number of imidazole rings is 1. The number of hydrogen-bond acceptors (Lipinski definition) is 2.